The van der Waals surface area contributed by atoms with E-state index in [-0.39, 0.29) is 0 Å². The van der Waals surface area contributed by atoms with Gasteiger partial charge >= 0.3 is 0 Å². The highest BCUT2D eigenvalue weighted by Crippen LogP contribution is 2.20. The van der Waals surface area contributed by atoms with E-state index in [1.807, 2.05) is 31.2 Å². The Bertz CT molecular complexity index is 512. The molecule has 0 aliphatic carbocycles. The molecule has 1 heterocycles. The van der Waals surface area contributed by atoms with Crippen LogP contribution in [-0.2, 0) is 0 Å². The molecule has 1 aromatic heterocycles. The van der Waals surface area contributed by atoms with Crippen molar-refractivity contribution in [1.29, 1.82) is 0 Å². The van der Waals surface area contributed by atoms with Crippen LogP contribution >= 0.6 is 27.3 Å². The lowest BCUT2D eigenvalue weighted by atomic mass is 10.2. The molecule has 0 fully saturated rings. The number of rotatable bonds is 3. The maximum absolute atomic E-state index is 4.34. The number of nitrogens with one attached hydrogen (secondary N) is 1. The van der Waals surface area contributed by atoms with Crippen molar-refractivity contribution in [2.45, 2.75) is 13.8 Å². The van der Waals surface area contributed by atoms with Gasteiger partial charge in [0, 0.05) is 9.35 Å². The summed E-state index contributed by atoms with van der Waals surface area (Å²) < 4.78 is 1.06. The van der Waals surface area contributed by atoms with Gasteiger partial charge in [-0.1, -0.05) is 28.1 Å². The van der Waals surface area contributed by atoms with Crippen LogP contribution in [0.15, 0.2) is 33.8 Å². The summed E-state index contributed by atoms with van der Waals surface area (Å²) in [6, 6.07) is 7.96. The molecule has 2 aromatic rings. The third-order valence-electron chi connectivity index (χ3n) is 2.27. The van der Waals surface area contributed by atoms with E-state index in [9.17, 15) is 0 Å². The van der Waals surface area contributed by atoms with Crippen molar-refractivity contribution in [1.82, 2.24) is 4.98 Å². The van der Waals surface area contributed by atoms with Gasteiger partial charge in [-0.15, -0.1) is 11.3 Å². The molecule has 17 heavy (non-hydrogen) atoms. The minimum absolute atomic E-state index is 0.827. The van der Waals surface area contributed by atoms with E-state index in [0.717, 1.165) is 20.9 Å². The first-order valence-corrected chi connectivity index (χ1v) is 6.75. The van der Waals surface area contributed by atoms with Crippen LogP contribution in [0.2, 0.25) is 0 Å². The van der Waals surface area contributed by atoms with Crippen molar-refractivity contribution < 1.29 is 0 Å². The summed E-state index contributed by atoms with van der Waals surface area (Å²) in [6.45, 7) is 4.05. The van der Waals surface area contributed by atoms with Gasteiger partial charge in [-0.05, 0) is 31.5 Å². The molecular weight excluding hydrogens is 298 g/mol. The minimum Gasteiger partial charge on any atom is -0.253 e. The molecule has 1 aromatic carbocycles. The normalized spacial score (nSPS) is 11.0. The van der Waals surface area contributed by atoms with E-state index in [1.165, 1.54) is 4.88 Å². The highest BCUT2D eigenvalue weighted by Gasteiger charge is 2.00. The van der Waals surface area contributed by atoms with Crippen LogP contribution in [0.4, 0.5) is 5.13 Å². The van der Waals surface area contributed by atoms with Crippen molar-refractivity contribution in [3.63, 3.8) is 0 Å². The van der Waals surface area contributed by atoms with E-state index in [4.69, 9.17) is 0 Å². The van der Waals surface area contributed by atoms with Crippen molar-refractivity contribution in [2.75, 3.05) is 5.43 Å². The van der Waals surface area contributed by atoms with E-state index in [1.54, 1.807) is 17.6 Å². The Balaban J connectivity index is 2.00. The number of aryl methyl sites for hydroxylation is 2. The summed E-state index contributed by atoms with van der Waals surface area (Å²) in [6.07, 6.45) is 1.78. The molecule has 0 saturated carbocycles. The fraction of sp³-hybridized carbons (Fsp3) is 0.167. The highest BCUT2D eigenvalue weighted by molar-refractivity contribution is 9.10. The molecule has 0 atom stereocenters. The first-order chi connectivity index (χ1) is 8.15. The number of nitrogens with zero attached hydrogens (tertiary/aromatic N) is 2. The molecule has 88 valence electrons. The van der Waals surface area contributed by atoms with Crippen molar-refractivity contribution >= 4 is 38.6 Å². The molecule has 0 aliphatic rings. The Hall–Kier alpha value is -1.20. The van der Waals surface area contributed by atoms with Crippen LogP contribution in [0.25, 0.3) is 0 Å². The number of anilines is 1. The summed E-state index contributed by atoms with van der Waals surface area (Å²) in [7, 11) is 0. The maximum Gasteiger partial charge on any atom is 0.203 e. The number of thiazole rings is 1. The maximum atomic E-state index is 4.34. The van der Waals surface area contributed by atoms with Gasteiger partial charge in [0.1, 0.15) is 0 Å². The molecule has 0 amide bonds. The molecule has 0 bridgehead atoms. The van der Waals surface area contributed by atoms with Crippen LogP contribution < -0.4 is 5.43 Å². The minimum atomic E-state index is 0.827. The quantitative estimate of drug-likeness (QED) is 0.688. The molecule has 3 nitrogen and oxygen atoms in total. The second-order valence-electron chi connectivity index (χ2n) is 3.58. The molecule has 0 radical (unpaired) electrons. The van der Waals surface area contributed by atoms with Gasteiger partial charge in [0.05, 0.1) is 11.9 Å². The Morgan fingerprint density at radius 2 is 2.00 bits per heavy atom. The van der Waals surface area contributed by atoms with Gasteiger partial charge in [0.2, 0.25) is 5.13 Å². The lowest BCUT2D eigenvalue weighted by Gasteiger charge is -1.94. The van der Waals surface area contributed by atoms with E-state index >= 15 is 0 Å². The molecule has 5 heteroatoms. The SMILES string of the molecule is Cc1nc(N/N=C\c2ccc(Br)cc2)sc1C. The highest BCUT2D eigenvalue weighted by atomic mass is 79.9. The van der Waals surface area contributed by atoms with Crippen LogP contribution in [-0.4, -0.2) is 11.2 Å². The molecular formula is C12H12BrN3S. The Labute approximate surface area is 113 Å². The lowest BCUT2D eigenvalue weighted by Crippen LogP contribution is -1.89. The summed E-state index contributed by atoms with van der Waals surface area (Å²) in [5.74, 6) is 0. The summed E-state index contributed by atoms with van der Waals surface area (Å²) in [5.41, 5.74) is 5.03. The van der Waals surface area contributed by atoms with E-state index in [2.05, 4.69) is 38.4 Å². The van der Waals surface area contributed by atoms with Gasteiger partial charge in [0.25, 0.3) is 0 Å². The fourth-order valence-electron chi connectivity index (χ4n) is 1.23. The average Bonchev–Trinajstić information content (AvgIpc) is 2.61. The standard InChI is InChI=1S/C12H12BrN3S/c1-8-9(2)17-12(15-8)16-14-7-10-3-5-11(13)6-4-10/h3-7H,1-2H3,(H,15,16)/b14-7-. The zero-order valence-electron chi connectivity index (χ0n) is 9.57. The lowest BCUT2D eigenvalue weighted by molar-refractivity contribution is 1.20. The Kier molecular flexibility index (Phi) is 3.91. The Morgan fingerprint density at radius 1 is 1.29 bits per heavy atom. The summed E-state index contributed by atoms with van der Waals surface area (Å²) in [4.78, 5) is 5.56. The van der Waals surface area contributed by atoms with E-state index < -0.39 is 0 Å². The number of halogens is 1. The number of aromatic nitrogens is 1. The number of hydrogen-bond acceptors (Lipinski definition) is 4. The molecule has 0 saturated heterocycles. The van der Waals surface area contributed by atoms with Crippen molar-refractivity contribution in [3.8, 4) is 0 Å². The van der Waals surface area contributed by atoms with Crippen molar-refractivity contribution in [2.24, 2.45) is 5.10 Å². The third-order valence-corrected chi connectivity index (χ3v) is 3.78. The van der Waals surface area contributed by atoms with Gasteiger partial charge < -0.3 is 0 Å². The van der Waals surface area contributed by atoms with Crippen molar-refractivity contribution in [3.05, 3.63) is 44.9 Å². The van der Waals surface area contributed by atoms with Gasteiger partial charge in [0.15, 0.2) is 0 Å². The average molecular weight is 310 g/mol. The van der Waals surface area contributed by atoms with Crippen LogP contribution in [0.1, 0.15) is 16.1 Å². The second kappa shape index (κ2) is 5.42. The number of hydrazone groups is 1. The smallest absolute Gasteiger partial charge is 0.203 e. The monoisotopic (exact) mass is 309 g/mol. The predicted molar refractivity (Wildman–Crippen MR) is 76.9 cm³/mol. The molecule has 0 spiro atoms. The number of benzene rings is 1. The molecule has 1 N–H and O–H groups in total. The number of hydrogen-bond donors (Lipinski definition) is 1. The van der Waals surface area contributed by atoms with Crippen LogP contribution in [0.5, 0.6) is 0 Å². The van der Waals surface area contributed by atoms with Crippen LogP contribution in [0, 0.1) is 13.8 Å². The first kappa shape index (κ1) is 12.3. The van der Waals surface area contributed by atoms with Gasteiger partial charge in [-0.2, -0.15) is 5.10 Å². The second-order valence-corrected chi connectivity index (χ2v) is 5.70. The van der Waals surface area contributed by atoms with E-state index in [0.29, 0.717) is 0 Å². The van der Waals surface area contributed by atoms with Gasteiger partial charge in [-0.3, -0.25) is 5.43 Å². The van der Waals surface area contributed by atoms with Crippen LogP contribution in [0.3, 0.4) is 0 Å². The predicted octanol–water partition coefficient (Wildman–Crippen LogP) is 3.97. The summed E-state index contributed by atoms with van der Waals surface area (Å²) in [5, 5.41) is 4.98. The largest absolute Gasteiger partial charge is 0.253 e. The van der Waals surface area contributed by atoms with Gasteiger partial charge in [-0.25, -0.2) is 4.98 Å². The molecule has 0 unspecified atom stereocenters. The fourth-order valence-corrected chi connectivity index (χ4v) is 2.26. The topological polar surface area (TPSA) is 37.3 Å². The first-order valence-electron chi connectivity index (χ1n) is 5.14. The molecule has 2 rings (SSSR count). The molecule has 0 aliphatic heterocycles. The Morgan fingerprint density at radius 3 is 2.59 bits per heavy atom. The zero-order chi connectivity index (χ0) is 12.3. The third kappa shape index (κ3) is 3.38. The zero-order valence-corrected chi connectivity index (χ0v) is 12.0. The summed E-state index contributed by atoms with van der Waals surface area (Å²) >= 11 is 5.00.